The standard InChI is InChI=1S/C6F10O2/c7-1(2(8)9)3(10)17-4(11,5(12,13)14)6(15,16)18-3. The van der Waals surface area contributed by atoms with E-state index >= 15 is 0 Å². The first-order valence-corrected chi connectivity index (χ1v) is 3.71. The molecule has 1 heterocycles. The maximum Gasteiger partial charge on any atom is 0.458 e. The van der Waals surface area contributed by atoms with Gasteiger partial charge in [-0.25, -0.2) is 4.74 Å². The molecule has 0 aromatic rings. The Labute approximate surface area is 90.8 Å². The zero-order chi connectivity index (χ0) is 14.6. The topological polar surface area (TPSA) is 18.5 Å². The zero-order valence-electron chi connectivity index (χ0n) is 7.60. The summed E-state index contributed by atoms with van der Waals surface area (Å²) in [7, 11) is 0. The highest BCUT2D eigenvalue weighted by Crippen LogP contribution is 2.57. The monoisotopic (exact) mass is 294 g/mol. The Morgan fingerprint density at radius 1 is 0.833 bits per heavy atom. The fraction of sp³-hybridized carbons (Fsp3) is 0.667. The first-order chi connectivity index (χ1) is 7.77. The van der Waals surface area contributed by atoms with Gasteiger partial charge in [0.25, 0.3) is 5.83 Å². The Morgan fingerprint density at radius 2 is 1.28 bits per heavy atom. The lowest BCUT2D eigenvalue weighted by Crippen LogP contribution is -2.53. The zero-order valence-corrected chi connectivity index (χ0v) is 7.60. The van der Waals surface area contributed by atoms with Gasteiger partial charge in [0.05, 0.1) is 0 Å². The molecule has 2 nitrogen and oxygen atoms in total. The molecule has 2 atom stereocenters. The third kappa shape index (κ3) is 1.92. The van der Waals surface area contributed by atoms with Crippen molar-refractivity contribution in [1.29, 1.82) is 0 Å². The molecular weight excluding hydrogens is 294 g/mol. The van der Waals surface area contributed by atoms with Crippen molar-refractivity contribution < 1.29 is 53.4 Å². The van der Waals surface area contributed by atoms with Crippen LogP contribution in [0, 0.1) is 0 Å². The van der Waals surface area contributed by atoms with Crippen molar-refractivity contribution in [2.45, 2.75) is 24.2 Å². The smallest absolute Gasteiger partial charge is 0.265 e. The number of ether oxygens (including phenoxy) is 2. The molecule has 0 radical (unpaired) electrons. The highest BCUT2D eigenvalue weighted by atomic mass is 19.4. The minimum atomic E-state index is -6.56. The number of alkyl halides is 7. The third-order valence-corrected chi connectivity index (χ3v) is 1.70. The van der Waals surface area contributed by atoms with Crippen LogP contribution in [0.4, 0.5) is 43.9 Å². The van der Waals surface area contributed by atoms with Gasteiger partial charge in [0.15, 0.2) is 0 Å². The number of rotatable bonds is 1. The third-order valence-electron chi connectivity index (χ3n) is 1.70. The molecule has 1 fully saturated rings. The van der Waals surface area contributed by atoms with Gasteiger partial charge in [-0.05, 0) is 0 Å². The normalized spacial score (nSPS) is 35.7. The molecule has 1 aliphatic rings. The molecule has 0 aromatic carbocycles. The van der Waals surface area contributed by atoms with Gasteiger partial charge in [-0.3, -0.25) is 4.74 Å². The molecule has 2 unspecified atom stereocenters. The van der Waals surface area contributed by atoms with E-state index in [1.807, 2.05) is 0 Å². The van der Waals surface area contributed by atoms with Gasteiger partial charge in [-0.15, -0.1) is 0 Å². The minimum absolute atomic E-state index is 2.37. The summed E-state index contributed by atoms with van der Waals surface area (Å²) < 4.78 is 127. The predicted molar refractivity (Wildman–Crippen MR) is 31.2 cm³/mol. The van der Waals surface area contributed by atoms with Crippen LogP contribution in [0.3, 0.4) is 0 Å². The lowest BCUT2D eigenvalue weighted by Gasteiger charge is -2.24. The highest BCUT2D eigenvalue weighted by Gasteiger charge is 2.84. The van der Waals surface area contributed by atoms with Gasteiger partial charge in [-0.2, -0.15) is 43.9 Å². The summed E-state index contributed by atoms with van der Waals surface area (Å²) in [6.45, 7) is 0. The van der Waals surface area contributed by atoms with Crippen molar-refractivity contribution in [3.05, 3.63) is 11.9 Å². The quantitative estimate of drug-likeness (QED) is 0.688. The molecule has 0 saturated carbocycles. The number of halogens is 10. The predicted octanol–water partition coefficient (Wildman–Crippen LogP) is 3.56. The molecule has 1 rings (SSSR count). The molecule has 0 amide bonds. The van der Waals surface area contributed by atoms with E-state index in [1.54, 1.807) is 0 Å². The summed E-state index contributed by atoms with van der Waals surface area (Å²) >= 11 is 0. The average Bonchev–Trinajstić information content (AvgIpc) is 2.32. The van der Waals surface area contributed by atoms with E-state index in [0.717, 1.165) is 0 Å². The number of hydrogen-bond donors (Lipinski definition) is 0. The molecule has 1 saturated heterocycles. The lowest BCUT2D eigenvalue weighted by atomic mass is 10.3. The van der Waals surface area contributed by atoms with Gasteiger partial charge in [0.1, 0.15) is 0 Å². The molecule has 0 aromatic heterocycles. The summed E-state index contributed by atoms with van der Waals surface area (Å²) in [6.07, 6.45) is -16.3. The van der Waals surface area contributed by atoms with Crippen molar-refractivity contribution in [2.75, 3.05) is 0 Å². The highest BCUT2D eigenvalue weighted by molar-refractivity contribution is 5.07. The Balaban J connectivity index is 3.29. The van der Waals surface area contributed by atoms with Gasteiger partial charge in [-0.1, -0.05) is 0 Å². The Morgan fingerprint density at radius 3 is 1.56 bits per heavy atom. The molecule has 12 heteroatoms. The van der Waals surface area contributed by atoms with Crippen LogP contribution in [-0.2, 0) is 9.47 Å². The molecule has 0 bridgehead atoms. The van der Waals surface area contributed by atoms with E-state index < -0.39 is 36.1 Å². The van der Waals surface area contributed by atoms with Crippen molar-refractivity contribution in [1.82, 2.24) is 0 Å². The molecule has 0 N–H and O–H groups in total. The lowest BCUT2D eigenvalue weighted by molar-refractivity contribution is -0.395. The maximum atomic E-state index is 12.9. The summed E-state index contributed by atoms with van der Waals surface area (Å²) in [5, 5.41) is 0. The number of hydrogen-bond acceptors (Lipinski definition) is 2. The van der Waals surface area contributed by atoms with Crippen LogP contribution < -0.4 is 0 Å². The summed E-state index contributed by atoms with van der Waals surface area (Å²) in [6, 6.07) is -5.38. The van der Waals surface area contributed by atoms with Crippen molar-refractivity contribution in [2.24, 2.45) is 0 Å². The second-order valence-electron chi connectivity index (χ2n) is 2.92. The first-order valence-electron chi connectivity index (χ1n) is 3.71. The minimum Gasteiger partial charge on any atom is -0.265 e. The Kier molecular flexibility index (Phi) is 3.11. The van der Waals surface area contributed by atoms with Crippen molar-refractivity contribution in [3.8, 4) is 0 Å². The van der Waals surface area contributed by atoms with E-state index in [-0.39, 0.29) is 0 Å². The van der Waals surface area contributed by atoms with Gasteiger partial charge < -0.3 is 0 Å². The van der Waals surface area contributed by atoms with E-state index in [4.69, 9.17) is 0 Å². The SMILES string of the molecule is FC(F)=C(F)C1(F)OC(F)(F)C(F)(C(F)(F)F)O1. The fourth-order valence-corrected chi connectivity index (χ4v) is 0.917. The summed E-state index contributed by atoms with van der Waals surface area (Å²) in [5.74, 6) is -9.66. The molecule has 0 aliphatic carbocycles. The van der Waals surface area contributed by atoms with E-state index in [2.05, 4.69) is 9.47 Å². The average molecular weight is 294 g/mol. The second kappa shape index (κ2) is 3.73. The van der Waals surface area contributed by atoms with Crippen LogP contribution in [0.15, 0.2) is 11.9 Å². The van der Waals surface area contributed by atoms with Gasteiger partial charge in [0.2, 0.25) is 0 Å². The van der Waals surface area contributed by atoms with Gasteiger partial charge in [0, 0.05) is 0 Å². The Bertz CT molecular complexity index is 384. The Hall–Kier alpha value is -1.04. The van der Waals surface area contributed by atoms with Crippen LogP contribution in [0.2, 0.25) is 0 Å². The van der Waals surface area contributed by atoms with E-state index in [1.165, 1.54) is 0 Å². The molecule has 0 spiro atoms. The summed E-state index contributed by atoms with van der Waals surface area (Å²) in [4.78, 5) is 0. The van der Waals surface area contributed by atoms with E-state index in [9.17, 15) is 43.9 Å². The maximum absolute atomic E-state index is 12.9. The van der Waals surface area contributed by atoms with Crippen molar-refractivity contribution in [3.63, 3.8) is 0 Å². The van der Waals surface area contributed by atoms with Crippen LogP contribution in [0.1, 0.15) is 0 Å². The molecule has 1 aliphatic heterocycles. The van der Waals surface area contributed by atoms with Crippen molar-refractivity contribution >= 4 is 0 Å². The first kappa shape index (κ1) is 15.0. The summed E-state index contributed by atoms with van der Waals surface area (Å²) in [5.41, 5.74) is 0. The fourth-order valence-electron chi connectivity index (χ4n) is 0.917. The van der Waals surface area contributed by atoms with Crippen LogP contribution in [-0.4, -0.2) is 24.2 Å². The molecule has 106 valence electrons. The van der Waals surface area contributed by atoms with E-state index in [0.29, 0.717) is 0 Å². The van der Waals surface area contributed by atoms with Crippen LogP contribution in [0.5, 0.6) is 0 Å². The molecular formula is C6F10O2. The molecule has 18 heavy (non-hydrogen) atoms. The van der Waals surface area contributed by atoms with Crippen LogP contribution >= 0.6 is 0 Å². The van der Waals surface area contributed by atoms with Crippen LogP contribution in [0.25, 0.3) is 0 Å². The largest absolute Gasteiger partial charge is 0.458 e. The second-order valence-corrected chi connectivity index (χ2v) is 2.92. The van der Waals surface area contributed by atoms with Gasteiger partial charge >= 0.3 is 30.3 Å².